The molecule has 5 N–H and O–H groups in total. The summed E-state index contributed by atoms with van der Waals surface area (Å²) in [6, 6.07) is 11.5. The molecule has 5 rings (SSSR count). The van der Waals surface area contributed by atoms with Gasteiger partial charge in [0.15, 0.2) is 0 Å². The third-order valence-electron chi connectivity index (χ3n) is 9.12. The Labute approximate surface area is 252 Å². The van der Waals surface area contributed by atoms with E-state index in [0.717, 1.165) is 57.2 Å². The van der Waals surface area contributed by atoms with Gasteiger partial charge in [-0.1, -0.05) is 0 Å². The number of carbonyl (C=O) groups excluding carboxylic acids is 2. The fraction of sp³-hybridized carbons (Fsp3) is 0.531. The van der Waals surface area contributed by atoms with E-state index in [1.165, 1.54) is 6.20 Å². The van der Waals surface area contributed by atoms with Gasteiger partial charge in [-0.3, -0.25) is 9.59 Å². The third kappa shape index (κ3) is 6.53. The summed E-state index contributed by atoms with van der Waals surface area (Å²) in [5.74, 6) is 0.161. The second kappa shape index (κ2) is 12.1. The summed E-state index contributed by atoms with van der Waals surface area (Å²) in [5.41, 5.74) is 6.87. The van der Waals surface area contributed by atoms with Crippen molar-refractivity contribution in [2.45, 2.75) is 108 Å². The maximum Gasteiger partial charge on any atom is 0.407 e. The van der Waals surface area contributed by atoms with Crippen LogP contribution in [0.3, 0.4) is 0 Å². The molecular weight excluding hydrogens is 546 g/mol. The van der Waals surface area contributed by atoms with Crippen LogP contribution in [0.2, 0.25) is 0 Å². The Hall–Kier alpha value is -4.33. The Balaban J connectivity index is 1.20. The molecule has 2 aliphatic heterocycles. The van der Waals surface area contributed by atoms with Crippen LogP contribution in [-0.4, -0.2) is 68.6 Å². The number of rotatable bonds is 7. The Morgan fingerprint density at radius 2 is 1.65 bits per heavy atom. The van der Waals surface area contributed by atoms with E-state index in [4.69, 9.17) is 5.73 Å². The highest BCUT2D eigenvalue weighted by Gasteiger charge is 2.42. The Kier molecular flexibility index (Phi) is 8.49. The molecule has 43 heavy (non-hydrogen) atoms. The lowest BCUT2D eigenvalue weighted by atomic mass is 9.87. The van der Waals surface area contributed by atoms with Gasteiger partial charge in [0.05, 0.1) is 16.8 Å². The van der Waals surface area contributed by atoms with Crippen molar-refractivity contribution in [1.29, 1.82) is 5.26 Å². The van der Waals surface area contributed by atoms with E-state index in [9.17, 15) is 24.8 Å². The fourth-order valence-electron chi connectivity index (χ4n) is 7.21. The van der Waals surface area contributed by atoms with Crippen molar-refractivity contribution in [1.82, 2.24) is 15.2 Å². The van der Waals surface area contributed by atoms with Crippen molar-refractivity contribution in [2.24, 2.45) is 5.73 Å². The second-order valence-corrected chi connectivity index (χ2v) is 13.0. The minimum absolute atomic E-state index is 0.0217. The highest BCUT2D eigenvalue weighted by atomic mass is 16.4. The maximum atomic E-state index is 13.4. The largest absolute Gasteiger partial charge is 0.465 e. The number of fused-ring (bicyclic) bond motifs is 2. The van der Waals surface area contributed by atoms with Crippen LogP contribution in [0.15, 0.2) is 36.5 Å². The van der Waals surface area contributed by atoms with Crippen molar-refractivity contribution < 1.29 is 19.5 Å². The third-order valence-corrected chi connectivity index (χ3v) is 9.12. The van der Waals surface area contributed by atoms with Gasteiger partial charge in [0.1, 0.15) is 11.9 Å². The molecule has 2 aromatic rings. The number of amides is 3. The Bertz CT molecular complexity index is 1390. The molecule has 2 atom stereocenters. The number of anilines is 2. The zero-order valence-electron chi connectivity index (χ0n) is 25.0. The van der Waals surface area contributed by atoms with Crippen LogP contribution in [0.1, 0.15) is 98.4 Å². The van der Waals surface area contributed by atoms with Crippen molar-refractivity contribution in [3.8, 4) is 6.07 Å². The average molecular weight is 588 g/mol. The SMILES string of the molecule is CC(C)(C)N(C(=O)O)C1CCC(Nc2cc(C(=O)NC3C[C@H]4CC[C@H](C3)N4c3ccc(C(N)=O)cn3)ccc2C#N)CC1. The van der Waals surface area contributed by atoms with Gasteiger partial charge in [0.25, 0.3) is 5.91 Å². The number of primary amides is 1. The first-order chi connectivity index (χ1) is 20.4. The molecular formula is C32H41N7O4. The van der Waals surface area contributed by atoms with Gasteiger partial charge in [-0.15, -0.1) is 0 Å². The molecule has 3 aliphatic rings. The van der Waals surface area contributed by atoms with Crippen LogP contribution < -0.4 is 21.3 Å². The molecule has 1 saturated carbocycles. The summed E-state index contributed by atoms with van der Waals surface area (Å²) in [6.45, 7) is 5.74. The summed E-state index contributed by atoms with van der Waals surface area (Å²) in [6.07, 6.45) is 7.26. The number of nitriles is 1. The van der Waals surface area contributed by atoms with Crippen LogP contribution >= 0.6 is 0 Å². The van der Waals surface area contributed by atoms with Crippen LogP contribution in [0.5, 0.6) is 0 Å². The number of pyridine rings is 1. The quantitative estimate of drug-likeness (QED) is 0.368. The molecule has 3 fully saturated rings. The maximum absolute atomic E-state index is 13.4. The monoisotopic (exact) mass is 587 g/mol. The summed E-state index contributed by atoms with van der Waals surface area (Å²) < 4.78 is 0. The minimum Gasteiger partial charge on any atom is -0.465 e. The number of nitrogens with one attached hydrogen (secondary N) is 2. The molecule has 3 amide bonds. The normalized spacial score (nSPS) is 25.0. The summed E-state index contributed by atoms with van der Waals surface area (Å²) in [4.78, 5) is 45.0. The number of nitrogens with two attached hydrogens (primary N) is 1. The Morgan fingerprint density at radius 1 is 1.00 bits per heavy atom. The zero-order valence-corrected chi connectivity index (χ0v) is 25.0. The number of carboxylic acid groups (broad SMARTS) is 1. The van der Waals surface area contributed by atoms with Gasteiger partial charge < -0.3 is 31.3 Å². The highest BCUT2D eigenvalue weighted by Crippen LogP contribution is 2.39. The molecule has 0 unspecified atom stereocenters. The van der Waals surface area contributed by atoms with Crippen molar-refractivity contribution in [3.05, 3.63) is 53.2 Å². The number of nitrogens with zero attached hydrogens (tertiary/aromatic N) is 4. The van der Waals surface area contributed by atoms with E-state index in [1.807, 2.05) is 26.8 Å². The minimum atomic E-state index is -0.899. The number of benzene rings is 1. The van der Waals surface area contributed by atoms with E-state index in [1.54, 1.807) is 29.2 Å². The van der Waals surface area contributed by atoms with Crippen LogP contribution in [0.25, 0.3) is 0 Å². The Morgan fingerprint density at radius 3 is 2.19 bits per heavy atom. The fourth-order valence-corrected chi connectivity index (χ4v) is 7.21. The predicted molar refractivity (Wildman–Crippen MR) is 163 cm³/mol. The van der Waals surface area contributed by atoms with E-state index in [2.05, 4.69) is 26.6 Å². The molecule has 1 aliphatic carbocycles. The highest BCUT2D eigenvalue weighted by molar-refractivity contribution is 5.96. The lowest BCUT2D eigenvalue weighted by molar-refractivity contribution is 0.0556. The first-order valence-electron chi connectivity index (χ1n) is 15.1. The number of aromatic nitrogens is 1. The standard InChI is InChI=1S/C32H41N7O4/c1-32(2,3)39(31(42)43)24-9-7-22(8-10-24)36-27-14-19(4-5-20(27)17-33)30(41)37-23-15-25-11-12-26(16-23)38(25)28-13-6-21(18-35-28)29(34)40/h4-6,13-14,18,22-26,36H,7-12,15-16H2,1-3H3,(H2,34,40)(H,37,41)(H,42,43)/t22?,24?,25-,26-/m1/s1. The van der Waals surface area contributed by atoms with Gasteiger partial charge in [0.2, 0.25) is 5.91 Å². The van der Waals surface area contributed by atoms with Crippen molar-refractivity contribution in [3.63, 3.8) is 0 Å². The van der Waals surface area contributed by atoms with Gasteiger partial charge in [-0.2, -0.15) is 5.26 Å². The molecule has 1 aromatic heterocycles. The predicted octanol–water partition coefficient (Wildman–Crippen LogP) is 4.48. The van der Waals surface area contributed by atoms with E-state index in [-0.39, 0.29) is 36.1 Å². The van der Waals surface area contributed by atoms with Crippen LogP contribution in [0.4, 0.5) is 16.3 Å². The number of carbonyl (C=O) groups is 3. The van der Waals surface area contributed by atoms with Crippen molar-refractivity contribution in [2.75, 3.05) is 10.2 Å². The first kappa shape index (κ1) is 30.1. The van der Waals surface area contributed by atoms with E-state index in [0.29, 0.717) is 22.4 Å². The molecule has 0 spiro atoms. The topological polar surface area (TPSA) is 165 Å². The lowest BCUT2D eigenvalue weighted by Crippen LogP contribution is -2.52. The molecule has 2 bridgehead atoms. The van der Waals surface area contributed by atoms with Crippen molar-refractivity contribution >= 4 is 29.4 Å². The van der Waals surface area contributed by atoms with E-state index < -0.39 is 17.5 Å². The summed E-state index contributed by atoms with van der Waals surface area (Å²) in [7, 11) is 0. The molecule has 11 nitrogen and oxygen atoms in total. The molecule has 11 heteroatoms. The summed E-state index contributed by atoms with van der Waals surface area (Å²) >= 11 is 0. The second-order valence-electron chi connectivity index (χ2n) is 13.0. The molecule has 3 heterocycles. The lowest BCUT2D eigenvalue weighted by Gasteiger charge is -2.43. The average Bonchev–Trinajstić information content (AvgIpc) is 3.22. The summed E-state index contributed by atoms with van der Waals surface area (Å²) in [5, 5.41) is 26.2. The zero-order chi connectivity index (χ0) is 30.9. The van der Waals surface area contributed by atoms with Gasteiger partial charge in [-0.05, 0) is 102 Å². The molecule has 2 saturated heterocycles. The van der Waals surface area contributed by atoms with Crippen LogP contribution in [-0.2, 0) is 0 Å². The number of piperidine rings is 1. The molecule has 1 aromatic carbocycles. The van der Waals surface area contributed by atoms with Crippen LogP contribution in [0, 0.1) is 11.3 Å². The van der Waals surface area contributed by atoms with Gasteiger partial charge in [-0.25, -0.2) is 9.78 Å². The number of hydrogen-bond donors (Lipinski definition) is 4. The van der Waals surface area contributed by atoms with E-state index >= 15 is 0 Å². The number of hydrogen-bond acceptors (Lipinski definition) is 7. The first-order valence-corrected chi connectivity index (χ1v) is 15.1. The van der Waals surface area contributed by atoms with Gasteiger partial charge >= 0.3 is 6.09 Å². The molecule has 0 radical (unpaired) electrons. The van der Waals surface area contributed by atoms with Gasteiger partial charge in [0, 0.05) is 47.5 Å². The smallest absolute Gasteiger partial charge is 0.407 e. The molecule has 228 valence electrons.